The quantitative estimate of drug-likeness (QED) is 0.761. The molecule has 0 amide bonds. The number of anilines is 1. The zero-order valence-electron chi connectivity index (χ0n) is 13.0. The number of hydrogen-bond donors (Lipinski definition) is 1. The third kappa shape index (κ3) is 4.68. The van der Waals surface area contributed by atoms with E-state index in [4.69, 9.17) is 11.6 Å². The zero-order valence-corrected chi connectivity index (χ0v) is 13.7. The van der Waals surface area contributed by atoms with Gasteiger partial charge in [0.15, 0.2) is 0 Å². The first-order valence-corrected chi connectivity index (χ1v) is 8.24. The molecule has 2 nitrogen and oxygen atoms in total. The van der Waals surface area contributed by atoms with E-state index in [-0.39, 0.29) is 0 Å². The fourth-order valence-corrected chi connectivity index (χ4v) is 2.65. The summed E-state index contributed by atoms with van der Waals surface area (Å²) in [6.45, 7) is 9.83. The van der Waals surface area contributed by atoms with Gasteiger partial charge in [0.25, 0.3) is 0 Å². The molecule has 1 aliphatic rings. The van der Waals surface area contributed by atoms with Crippen molar-refractivity contribution >= 4 is 17.3 Å². The van der Waals surface area contributed by atoms with Gasteiger partial charge in [0.2, 0.25) is 0 Å². The summed E-state index contributed by atoms with van der Waals surface area (Å²) in [5, 5.41) is 4.36. The minimum absolute atomic E-state index is 0.501. The van der Waals surface area contributed by atoms with Crippen molar-refractivity contribution in [2.75, 3.05) is 18.0 Å². The molecule has 1 saturated carbocycles. The Morgan fingerprint density at radius 1 is 1.35 bits per heavy atom. The maximum atomic E-state index is 6.23. The van der Waals surface area contributed by atoms with Crippen LogP contribution in [0.4, 0.5) is 5.69 Å². The summed E-state index contributed by atoms with van der Waals surface area (Å²) in [5.74, 6) is 0.895. The van der Waals surface area contributed by atoms with Crippen LogP contribution in [0.3, 0.4) is 0 Å². The maximum Gasteiger partial charge on any atom is 0.0426 e. The summed E-state index contributed by atoms with van der Waals surface area (Å²) in [4.78, 5) is 2.53. The summed E-state index contributed by atoms with van der Waals surface area (Å²) >= 11 is 6.23. The molecule has 0 aliphatic heterocycles. The molecule has 2 rings (SSSR count). The molecule has 3 heteroatoms. The Bertz CT molecular complexity index is 427. The van der Waals surface area contributed by atoms with Crippen LogP contribution in [-0.4, -0.2) is 19.1 Å². The highest BCUT2D eigenvalue weighted by atomic mass is 35.5. The van der Waals surface area contributed by atoms with Gasteiger partial charge in [0, 0.05) is 36.4 Å². The van der Waals surface area contributed by atoms with Crippen LogP contribution >= 0.6 is 11.6 Å². The summed E-state index contributed by atoms with van der Waals surface area (Å²) in [5.41, 5.74) is 2.68. The van der Waals surface area contributed by atoms with E-state index in [0.29, 0.717) is 6.04 Å². The molecule has 0 radical (unpaired) electrons. The average Bonchev–Trinajstić information content (AvgIpc) is 3.20. The van der Waals surface area contributed by atoms with Gasteiger partial charge in [0.05, 0.1) is 0 Å². The molecule has 1 aliphatic carbocycles. The minimum atomic E-state index is 0.501. The van der Waals surface area contributed by atoms with Gasteiger partial charge in [-0.3, -0.25) is 0 Å². The molecule has 1 aromatic carbocycles. The Kier molecular flexibility index (Phi) is 5.74. The molecule has 0 bridgehead atoms. The van der Waals surface area contributed by atoms with E-state index in [1.165, 1.54) is 37.1 Å². The molecule has 1 N–H and O–H groups in total. The number of halogens is 1. The van der Waals surface area contributed by atoms with Crippen molar-refractivity contribution in [2.45, 2.75) is 52.6 Å². The molecule has 0 atom stereocenters. The Morgan fingerprint density at radius 2 is 2.10 bits per heavy atom. The van der Waals surface area contributed by atoms with Crippen molar-refractivity contribution in [2.24, 2.45) is 5.92 Å². The Morgan fingerprint density at radius 3 is 2.70 bits per heavy atom. The van der Waals surface area contributed by atoms with Crippen LogP contribution in [0.25, 0.3) is 0 Å². The fourth-order valence-electron chi connectivity index (χ4n) is 2.49. The van der Waals surface area contributed by atoms with Gasteiger partial charge in [-0.25, -0.2) is 0 Å². The third-order valence-corrected chi connectivity index (χ3v) is 3.99. The highest BCUT2D eigenvalue weighted by molar-refractivity contribution is 6.30. The van der Waals surface area contributed by atoms with Crippen LogP contribution in [0.2, 0.25) is 5.02 Å². The van der Waals surface area contributed by atoms with Crippen LogP contribution in [0.5, 0.6) is 0 Å². The van der Waals surface area contributed by atoms with Crippen LogP contribution in [0.1, 0.15) is 45.6 Å². The van der Waals surface area contributed by atoms with Gasteiger partial charge in [-0.05, 0) is 42.9 Å². The van der Waals surface area contributed by atoms with Crippen molar-refractivity contribution in [1.29, 1.82) is 0 Å². The molecule has 1 aromatic rings. The number of nitrogens with zero attached hydrogens (tertiary/aromatic N) is 1. The van der Waals surface area contributed by atoms with Gasteiger partial charge in [-0.1, -0.05) is 38.4 Å². The van der Waals surface area contributed by atoms with Crippen molar-refractivity contribution in [3.8, 4) is 0 Å². The second-order valence-corrected chi connectivity index (χ2v) is 6.63. The lowest BCUT2D eigenvalue weighted by Gasteiger charge is -2.27. The van der Waals surface area contributed by atoms with E-state index in [9.17, 15) is 0 Å². The lowest BCUT2D eigenvalue weighted by molar-refractivity contribution is 0.586. The lowest BCUT2D eigenvalue weighted by Crippen LogP contribution is -2.29. The van der Waals surface area contributed by atoms with Crippen molar-refractivity contribution < 1.29 is 0 Å². The predicted octanol–water partition coefficient (Wildman–Crippen LogP) is 4.46. The van der Waals surface area contributed by atoms with Crippen LogP contribution in [0.15, 0.2) is 18.2 Å². The number of nitrogens with one attached hydrogen (secondary N) is 1. The molecule has 1 fully saturated rings. The smallest absolute Gasteiger partial charge is 0.0426 e. The van der Waals surface area contributed by atoms with Gasteiger partial charge in [-0.15, -0.1) is 0 Å². The topological polar surface area (TPSA) is 15.3 Å². The van der Waals surface area contributed by atoms with Gasteiger partial charge < -0.3 is 10.2 Å². The van der Waals surface area contributed by atoms with Crippen molar-refractivity contribution in [3.63, 3.8) is 0 Å². The van der Waals surface area contributed by atoms with Crippen molar-refractivity contribution in [1.82, 2.24) is 5.32 Å². The molecular weight excluding hydrogens is 268 g/mol. The summed E-state index contributed by atoms with van der Waals surface area (Å²) in [6.07, 6.45) is 3.96. The fraction of sp³-hybridized carbons (Fsp3) is 0.647. The van der Waals surface area contributed by atoms with E-state index in [1.807, 2.05) is 6.07 Å². The van der Waals surface area contributed by atoms with E-state index in [2.05, 4.69) is 43.1 Å². The molecule has 0 aromatic heterocycles. The number of hydrogen-bond acceptors (Lipinski definition) is 2. The molecule has 112 valence electrons. The monoisotopic (exact) mass is 294 g/mol. The van der Waals surface area contributed by atoms with E-state index in [1.54, 1.807) is 0 Å². The van der Waals surface area contributed by atoms with Gasteiger partial charge >= 0.3 is 0 Å². The van der Waals surface area contributed by atoms with Crippen LogP contribution in [0, 0.1) is 5.92 Å². The first-order chi connectivity index (χ1) is 9.60. The maximum absolute atomic E-state index is 6.23. The number of rotatable bonds is 8. The first kappa shape index (κ1) is 15.7. The van der Waals surface area contributed by atoms with E-state index < -0.39 is 0 Å². The SMILES string of the molecule is CCCN(CC1CC1)c1cc(Cl)ccc1CNC(C)C. The largest absolute Gasteiger partial charge is 0.371 e. The summed E-state index contributed by atoms with van der Waals surface area (Å²) in [7, 11) is 0. The highest BCUT2D eigenvalue weighted by Gasteiger charge is 2.25. The third-order valence-electron chi connectivity index (χ3n) is 3.76. The Hall–Kier alpha value is -0.730. The second-order valence-electron chi connectivity index (χ2n) is 6.20. The molecule has 0 saturated heterocycles. The Labute approximate surface area is 128 Å². The minimum Gasteiger partial charge on any atom is -0.371 e. The van der Waals surface area contributed by atoms with Crippen molar-refractivity contribution in [3.05, 3.63) is 28.8 Å². The second kappa shape index (κ2) is 7.33. The van der Waals surface area contributed by atoms with Crippen LogP contribution in [-0.2, 0) is 6.54 Å². The summed E-state index contributed by atoms with van der Waals surface area (Å²) in [6, 6.07) is 6.81. The van der Waals surface area contributed by atoms with Gasteiger partial charge in [-0.2, -0.15) is 0 Å². The average molecular weight is 295 g/mol. The molecule has 0 heterocycles. The standard InChI is InChI=1S/C17H27ClN2/c1-4-9-20(12-14-5-6-14)17-10-16(18)8-7-15(17)11-19-13(2)3/h7-8,10,13-14,19H,4-6,9,11-12H2,1-3H3. The van der Waals surface area contributed by atoms with E-state index >= 15 is 0 Å². The lowest BCUT2D eigenvalue weighted by atomic mass is 10.1. The first-order valence-electron chi connectivity index (χ1n) is 7.87. The highest BCUT2D eigenvalue weighted by Crippen LogP contribution is 2.33. The van der Waals surface area contributed by atoms with Crippen LogP contribution < -0.4 is 10.2 Å². The molecule has 0 spiro atoms. The Balaban J connectivity index is 2.17. The zero-order chi connectivity index (χ0) is 14.5. The molecule has 0 unspecified atom stereocenters. The summed E-state index contributed by atoms with van der Waals surface area (Å²) < 4.78 is 0. The van der Waals surface area contributed by atoms with Gasteiger partial charge in [0.1, 0.15) is 0 Å². The van der Waals surface area contributed by atoms with E-state index in [0.717, 1.165) is 24.0 Å². The molecular formula is C17H27ClN2. The normalized spacial score (nSPS) is 14.8. The number of benzene rings is 1. The molecule has 20 heavy (non-hydrogen) atoms. The predicted molar refractivity (Wildman–Crippen MR) is 88.7 cm³/mol.